The second-order valence-electron chi connectivity index (χ2n) is 8.87. The number of methoxy groups -OCH3 is 1. The Morgan fingerprint density at radius 3 is 2.37 bits per heavy atom. The fourth-order valence-corrected chi connectivity index (χ4v) is 5.04. The maximum atomic E-state index is 6.30. The molecule has 0 saturated carbocycles. The first-order valence-corrected chi connectivity index (χ1v) is 11.9. The zero-order chi connectivity index (χ0) is 23.8. The molecular weight excluding hydrogens is 436 g/mol. The van der Waals surface area contributed by atoms with E-state index in [1.165, 1.54) is 16.9 Å². The van der Waals surface area contributed by atoms with Gasteiger partial charge >= 0.3 is 0 Å². The number of rotatable bonds is 5. The van der Waals surface area contributed by atoms with Gasteiger partial charge in [-0.3, -0.25) is 4.40 Å². The lowest BCUT2D eigenvalue weighted by Crippen LogP contribution is -2.46. The van der Waals surface area contributed by atoms with E-state index in [9.17, 15) is 0 Å². The summed E-state index contributed by atoms with van der Waals surface area (Å²) in [6.07, 6.45) is 2.72. The van der Waals surface area contributed by atoms with Crippen LogP contribution in [0.1, 0.15) is 11.3 Å². The van der Waals surface area contributed by atoms with E-state index in [0.29, 0.717) is 11.7 Å². The van der Waals surface area contributed by atoms with Crippen molar-refractivity contribution in [3.63, 3.8) is 0 Å². The van der Waals surface area contributed by atoms with Gasteiger partial charge in [0.2, 0.25) is 5.95 Å². The van der Waals surface area contributed by atoms with E-state index in [1.807, 2.05) is 28.8 Å². The number of para-hydroxylation sites is 3. The maximum absolute atomic E-state index is 6.30. The number of hydrogen-bond donors (Lipinski definition) is 1. The average Bonchev–Trinajstić information content (AvgIpc) is 3.34. The predicted octanol–water partition coefficient (Wildman–Crippen LogP) is 4.39. The summed E-state index contributed by atoms with van der Waals surface area (Å²) >= 11 is 0. The van der Waals surface area contributed by atoms with Crippen LogP contribution in [-0.2, 0) is 6.42 Å². The quantitative estimate of drug-likeness (QED) is 0.416. The van der Waals surface area contributed by atoms with Crippen LogP contribution in [0, 0.1) is 0 Å². The Kier molecular flexibility index (Phi) is 5.37. The molecule has 5 aromatic rings. The molecule has 176 valence electrons. The van der Waals surface area contributed by atoms with Crippen molar-refractivity contribution in [1.29, 1.82) is 0 Å². The second-order valence-corrected chi connectivity index (χ2v) is 8.87. The van der Waals surface area contributed by atoms with Gasteiger partial charge in [0.1, 0.15) is 16.9 Å². The highest BCUT2D eigenvalue weighted by molar-refractivity contribution is 5.96. The van der Waals surface area contributed by atoms with Crippen molar-refractivity contribution < 1.29 is 4.74 Å². The number of ether oxygens (including phenoxy) is 1. The largest absolute Gasteiger partial charge is 0.494 e. The van der Waals surface area contributed by atoms with Crippen molar-refractivity contribution in [2.75, 3.05) is 48.8 Å². The van der Waals surface area contributed by atoms with Crippen LogP contribution in [0.3, 0.4) is 0 Å². The minimum Gasteiger partial charge on any atom is -0.494 e. The van der Waals surface area contributed by atoms with Crippen LogP contribution in [0.25, 0.3) is 16.6 Å². The van der Waals surface area contributed by atoms with Gasteiger partial charge in [0.25, 0.3) is 0 Å². The van der Waals surface area contributed by atoms with E-state index in [-0.39, 0.29) is 0 Å². The minimum absolute atomic E-state index is 0.404. The average molecular weight is 465 g/mol. The molecule has 1 fully saturated rings. The molecule has 0 spiro atoms. The third kappa shape index (κ3) is 3.89. The van der Waals surface area contributed by atoms with Crippen LogP contribution in [0.5, 0.6) is 5.75 Å². The summed E-state index contributed by atoms with van der Waals surface area (Å²) in [6.45, 7) is 3.97. The second kappa shape index (κ2) is 8.83. The molecular formula is C28H28N6O. The number of imidazole rings is 1. The van der Waals surface area contributed by atoms with Gasteiger partial charge in [-0.25, -0.2) is 9.97 Å². The van der Waals surface area contributed by atoms with Gasteiger partial charge in [-0.15, -0.1) is 0 Å². The number of fused-ring (bicyclic) bond motifs is 3. The maximum Gasteiger partial charge on any atom is 0.206 e. The van der Waals surface area contributed by atoms with Gasteiger partial charge in [0, 0.05) is 55.6 Å². The van der Waals surface area contributed by atoms with Crippen molar-refractivity contribution in [2.45, 2.75) is 6.42 Å². The lowest BCUT2D eigenvalue weighted by atomic mass is 10.1. The molecule has 35 heavy (non-hydrogen) atoms. The monoisotopic (exact) mass is 464 g/mol. The molecule has 1 saturated heterocycles. The molecule has 3 heterocycles. The summed E-state index contributed by atoms with van der Waals surface area (Å²) in [6, 6.07) is 25.2. The summed E-state index contributed by atoms with van der Waals surface area (Å²) in [7, 11) is 1.64. The Bertz CT molecular complexity index is 1490. The summed E-state index contributed by atoms with van der Waals surface area (Å²) in [5.41, 5.74) is 12.6. The summed E-state index contributed by atoms with van der Waals surface area (Å²) in [5, 5.41) is 0.926. The molecule has 0 bridgehead atoms. The molecule has 3 aromatic carbocycles. The Morgan fingerprint density at radius 1 is 0.829 bits per heavy atom. The van der Waals surface area contributed by atoms with E-state index in [1.54, 1.807) is 7.11 Å². The molecule has 7 heteroatoms. The van der Waals surface area contributed by atoms with Gasteiger partial charge in [0.05, 0.1) is 12.8 Å². The smallest absolute Gasteiger partial charge is 0.206 e. The number of nitrogen functional groups attached to an aromatic ring is 1. The van der Waals surface area contributed by atoms with Crippen molar-refractivity contribution in [3.05, 3.63) is 90.3 Å². The van der Waals surface area contributed by atoms with Crippen molar-refractivity contribution in [1.82, 2.24) is 14.4 Å². The summed E-state index contributed by atoms with van der Waals surface area (Å²) in [5.74, 6) is 1.10. The molecule has 0 aliphatic carbocycles. The molecule has 1 aliphatic rings. The fraction of sp³-hybridized carbons (Fsp3) is 0.214. The Hall–Kier alpha value is -4.26. The van der Waals surface area contributed by atoms with Gasteiger partial charge in [-0.2, -0.15) is 0 Å². The first-order valence-electron chi connectivity index (χ1n) is 11.9. The molecule has 2 N–H and O–H groups in total. The van der Waals surface area contributed by atoms with E-state index in [0.717, 1.165) is 54.8 Å². The summed E-state index contributed by atoms with van der Waals surface area (Å²) < 4.78 is 7.36. The van der Waals surface area contributed by atoms with Gasteiger partial charge in [-0.05, 0) is 35.9 Å². The number of aromatic nitrogens is 3. The standard InChI is InChI=1S/C28H28N6O/c1-35-25-13-7-11-23-26(25)31-28(29)34-19-21(30-27(23)34)18-20-8-5-6-12-24(20)33-16-14-32(15-17-33)22-9-3-2-4-10-22/h2-13,19H,14-18H2,1H3,(H2,29,31). The predicted molar refractivity (Wildman–Crippen MR) is 142 cm³/mol. The van der Waals surface area contributed by atoms with Crippen LogP contribution in [-0.4, -0.2) is 47.7 Å². The zero-order valence-corrected chi connectivity index (χ0v) is 19.8. The first kappa shape index (κ1) is 21.3. The summed E-state index contributed by atoms with van der Waals surface area (Å²) in [4.78, 5) is 14.5. The Labute approximate surface area is 204 Å². The minimum atomic E-state index is 0.404. The van der Waals surface area contributed by atoms with Crippen molar-refractivity contribution in [3.8, 4) is 5.75 Å². The zero-order valence-electron chi connectivity index (χ0n) is 19.8. The third-order valence-corrected chi connectivity index (χ3v) is 6.79. The van der Waals surface area contributed by atoms with Crippen molar-refractivity contribution >= 4 is 33.9 Å². The lowest BCUT2D eigenvalue weighted by molar-refractivity contribution is 0.419. The number of benzene rings is 3. The number of piperazine rings is 1. The van der Waals surface area contributed by atoms with Crippen LogP contribution in [0.15, 0.2) is 79.0 Å². The normalized spacial score (nSPS) is 14.1. The Balaban J connectivity index is 1.29. The van der Waals surface area contributed by atoms with Crippen LogP contribution in [0.2, 0.25) is 0 Å². The lowest BCUT2D eigenvalue weighted by Gasteiger charge is -2.38. The fourth-order valence-electron chi connectivity index (χ4n) is 5.04. The number of nitrogens with two attached hydrogens (primary N) is 1. The van der Waals surface area contributed by atoms with Crippen LogP contribution in [0.4, 0.5) is 17.3 Å². The topological polar surface area (TPSA) is 71.9 Å². The SMILES string of the molecule is COc1cccc2c1nc(N)n1cc(Cc3ccccc3N3CCN(c4ccccc4)CC3)nc21. The van der Waals surface area contributed by atoms with E-state index >= 15 is 0 Å². The van der Waals surface area contributed by atoms with E-state index in [4.69, 9.17) is 15.5 Å². The van der Waals surface area contributed by atoms with E-state index in [2.05, 4.69) is 69.4 Å². The van der Waals surface area contributed by atoms with Crippen LogP contribution < -0.4 is 20.3 Å². The Morgan fingerprint density at radius 2 is 1.57 bits per heavy atom. The highest BCUT2D eigenvalue weighted by Crippen LogP contribution is 2.30. The molecule has 0 amide bonds. The highest BCUT2D eigenvalue weighted by atomic mass is 16.5. The third-order valence-electron chi connectivity index (χ3n) is 6.79. The van der Waals surface area contributed by atoms with Crippen molar-refractivity contribution in [2.24, 2.45) is 0 Å². The van der Waals surface area contributed by atoms with Gasteiger partial charge < -0.3 is 20.3 Å². The molecule has 0 unspecified atom stereocenters. The molecule has 6 rings (SSSR count). The van der Waals surface area contributed by atoms with Gasteiger partial charge in [0.15, 0.2) is 0 Å². The molecule has 1 aliphatic heterocycles. The first-order chi connectivity index (χ1) is 17.2. The number of anilines is 3. The van der Waals surface area contributed by atoms with E-state index < -0.39 is 0 Å². The number of nitrogens with zero attached hydrogens (tertiary/aromatic N) is 5. The van der Waals surface area contributed by atoms with Crippen LogP contribution >= 0.6 is 0 Å². The molecule has 7 nitrogen and oxygen atoms in total. The molecule has 0 atom stereocenters. The van der Waals surface area contributed by atoms with Gasteiger partial charge in [-0.1, -0.05) is 42.5 Å². The highest BCUT2D eigenvalue weighted by Gasteiger charge is 2.20. The number of hydrogen-bond acceptors (Lipinski definition) is 6. The molecule has 0 radical (unpaired) electrons. The molecule has 2 aromatic heterocycles.